The Bertz CT molecular complexity index is 2020. The molecule has 1 amide bonds. The van der Waals surface area contributed by atoms with Crippen LogP contribution in [0, 0.1) is 0 Å². The molecule has 0 saturated carbocycles. The summed E-state index contributed by atoms with van der Waals surface area (Å²) in [6.07, 6.45) is 3.50. The molecular formula is C31H26N8O4. The molecule has 4 N–H and O–H groups in total. The highest BCUT2D eigenvalue weighted by molar-refractivity contribution is 6.01. The number of hydrogen-bond donors (Lipinski definition) is 4. The molecular weight excluding hydrogens is 548 g/mol. The van der Waals surface area contributed by atoms with Crippen LogP contribution in [-0.4, -0.2) is 46.4 Å². The lowest BCUT2D eigenvalue weighted by Crippen LogP contribution is -2.29. The zero-order chi connectivity index (χ0) is 29.9. The molecule has 3 aromatic carbocycles. The summed E-state index contributed by atoms with van der Waals surface area (Å²) in [4.78, 5) is 60.2. The second kappa shape index (κ2) is 11.6. The zero-order valence-electron chi connectivity index (χ0n) is 23.0. The first-order valence-corrected chi connectivity index (χ1v) is 13.6. The van der Waals surface area contributed by atoms with Crippen LogP contribution in [0.4, 0.5) is 5.82 Å². The van der Waals surface area contributed by atoms with E-state index in [1.807, 2.05) is 37.3 Å². The fourth-order valence-electron chi connectivity index (χ4n) is 5.06. The van der Waals surface area contributed by atoms with E-state index >= 15 is 0 Å². The normalized spacial score (nSPS) is 11.9. The summed E-state index contributed by atoms with van der Waals surface area (Å²) < 4.78 is 1.57. The molecule has 1 atom stereocenters. The van der Waals surface area contributed by atoms with Gasteiger partial charge in [-0.05, 0) is 42.3 Å². The van der Waals surface area contributed by atoms with Gasteiger partial charge in [-0.3, -0.25) is 24.2 Å². The quantitative estimate of drug-likeness (QED) is 0.113. The standard InChI is InChI=1S/C31H26N8O4/c1-2-22(36-28-26-27(33-16-32-26)34-17-35-28)29-37-23-10-6-7-20(25(23)31(42)39(29)21-8-4-3-5-9-21)15-24(40)18-11-13-19(14-12-18)30(41)38-43/h3-14,16-17,22,43H,2,15H2,1H3,(H,38,41)(H2,32,33,34,35,36). The van der Waals surface area contributed by atoms with Gasteiger partial charge in [0.05, 0.1) is 29.0 Å². The fourth-order valence-corrected chi connectivity index (χ4v) is 5.06. The highest BCUT2D eigenvalue weighted by Gasteiger charge is 2.23. The van der Waals surface area contributed by atoms with Gasteiger partial charge in [0.1, 0.15) is 17.7 Å². The second-order valence-corrected chi connectivity index (χ2v) is 9.80. The van der Waals surface area contributed by atoms with Crippen molar-refractivity contribution in [2.45, 2.75) is 25.8 Å². The van der Waals surface area contributed by atoms with Gasteiger partial charge in [0.25, 0.3) is 11.5 Å². The van der Waals surface area contributed by atoms with Gasteiger partial charge in [0, 0.05) is 17.5 Å². The van der Waals surface area contributed by atoms with Crippen molar-refractivity contribution < 1.29 is 14.8 Å². The number of Topliss-reactive ketones (excluding diaryl/α,β-unsaturated/α-hetero) is 1. The van der Waals surface area contributed by atoms with Gasteiger partial charge in [-0.2, -0.15) is 0 Å². The molecule has 0 aliphatic heterocycles. The number of aromatic amines is 1. The van der Waals surface area contributed by atoms with Crippen molar-refractivity contribution in [3.63, 3.8) is 0 Å². The molecule has 12 heteroatoms. The SMILES string of the molecule is CCC(Nc1ncnc2[nH]cnc12)c1nc2cccc(CC(=O)c3ccc(C(=O)NO)cc3)c2c(=O)n1-c1ccccc1. The predicted octanol–water partition coefficient (Wildman–Crippen LogP) is 4.16. The lowest BCUT2D eigenvalue weighted by molar-refractivity contribution is 0.0706. The zero-order valence-corrected chi connectivity index (χ0v) is 23.0. The Hall–Kier alpha value is -5.75. The number of nitrogens with one attached hydrogen (secondary N) is 3. The van der Waals surface area contributed by atoms with E-state index in [9.17, 15) is 14.4 Å². The van der Waals surface area contributed by atoms with E-state index < -0.39 is 11.9 Å². The van der Waals surface area contributed by atoms with E-state index in [-0.39, 0.29) is 23.3 Å². The van der Waals surface area contributed by atoms with Crippen LogP contribution in [0.2, 0.25) is 0 Å². The second-order valence-electron chi connectivity index (χ2n) is 9.80. The summed E-state index contributed by atoms with van der Waals surface area (Å²) in [6, 6.07) is 20.0. The topological polar surface area (TPSA) is 168 Å². The smallest absolute Gasteiger partial charge is 0.274 e. The summed E-state index contributed by atoms with van der Waals surface area (Å²) in [5, 5.41) is 12.6. The molecule has 214 valence electrons. The van der Waals surface area contributed by atoms with Crippen LogP contribution in [0.15, 0.2) is 90.2 Å². The number of H-pyrrole nitrogens is 1. The first-order valence-electron chi connectivity index (χ1n) is 13.6. The largest absolute Gasteiger partial charge is 0.358 e. The number of amides is 1. The summed E-state index contributed by atoms with van der Waals surface area (Å²) in [6.45, 7) is 1.98. The number of carbonyl (C=O) groups is 2. The molecule has 0 aliphatic rings. The van der Waals surface area contributed by atoms with Gasteiger partial charge in [0.2, 0.25) is 0 Å². The minimum Gasteiger partial charge on any atom is -0.358 e. The molecule has 1 unspecified atom stereocenters. The van der Waals surface area contributed by atoms with Gasteiger partial charge in [-0.15, -0.1) is 0 Å². The van der Waals surface area contributed by atoms with Crippen LogP contribution in [-0.2, 0) is 6.42 Å². The van der Waals surface area contributed by atoms with E-state index in [1.54, 1.807) is 34.6 Å². The van der Waals surface area contributed by atoms with Gasteiger partial charge < -0.3 is 10.3 Å². The molecule has 3 heterocycles. The van der Waals surface area contributed by atoms with Gasteiger partial charge in [-0.1, -0.05) is 49.4 Å². The fraction of sp³-hybridized carbons (Fsp3) is 0.129. The third kappa shape index (κ3) is 5.22. The van der Waals surface area contributed by atoms with Crippen LogP contribution in [0.5, 0.6) is 0 Å². The maximum Gasteiger partial charge on any atom is 0.274 e. The molecule has 0 saturated heterocycles. The van der Waals surface area contributed by atoms with E-state index in [1.165, 1.54) is 30.6 Å². The molecule has 0 spiro atoms. The molecule has 0 aliphatic carbocycles. The van der Waals surface area contributed by atoms with Crippen molar-refractivity contribution in [1.82, 2.24) is 35.0 Å². The summed E-state index contributed by atoms with van der Waals surface area (Å²) in [5.41, 5.74) is 4.61. The number of rotatable bonds is 9. The van der Waals surface area contributed by atoms with E-state index in [2.05, 4.69) is 25.3 Å². The van der Waals surface area contributed by atoms with Gasteiger partial charge >= 0.3 is 0 Å². The van der Waals surface area contributed by atoms with E-state index in [0.717, 1.165) is 0 Å². The van der Waals surface area contributed by atoms with Crippen molar-refractivity contribution in [3.8, 4) is 5.69 Å². The number of ketones is 1. The molecule has 12 nitrogen and oxygen atoms in total. The number of imidazole rings is 1. The molecule has 43 heavy (non-hydrogen) atoms. The number of hydrogen-bond acceptors (Lipinski definition) is 9. The number of anilines is 1. The Morgan fingerprint density at radius 2 is 1.72 bits per heavy atom. The summed E-state index contributed by atoms with van der Waals surface area (Å²) >= 11 is 0. The van der Waals surface area contributed by atoms with Crippen LogP contribution in [0.3, 0.4) is 0 Å². The first kappa shape index (κ1) is 27.4. The third-order valence-electron chi connectivity index (χ3n) is 7.19. The molecule has 6 rings (SSSR count). The van der Waals surface area contributed by atoms with Crippen LogP contribution in [0.25, 0.3) is 27.8 Å². The summed E-state index contributed by atoms with van der Waals surface area (Å²) in [7, 11) is 0. The van der Waals surface area contributed by atoms with Crippen molar-refractivity contribution >= 4 is 39.6 Å². The van der Waals surface area contributed by atoms with E-state index in [0.29, 0.717) is 56.9 Å². The monoisotopic (exact) mass is 574 g/mol. The number of nitrogens with zero attached hydrogens (tertiary/aromatic N) is 5. The number of hydroxylamine groups is 1. The van der Waals surface area contributed by atoms with Crippen LogP contribution in [0.1, 0.15) is 51.5 Å². The maximum absolute atomic E-state index is 14.4. The highest BCUT2D eigenvalue weighted by atomic mass is 16.5. The van der Waals surface area contributed by atoms with E-state index in [4.69, 9.17) is 10.2 Å². The minimum absolute atomic E-state index is 0.0541. The Morgan fingerprint density at radius 1 is 0.953 bits per heavy atom. The molecule has 0 bridgehead atoms. The Morgan fingerprint density at radius 3 is 2.47 bits per heavy atom. The number of para-hydroxylation sites is 1. The number of carbonyl (C=O) groups excluding carboxylic acids is 2. The molecule has 3 aromatic heterocycles. The van der Waals surface area contributed by atoms with Crippen molar-refractivity contribution in [3.05, 3.63) is 118 Å². The lowest BCUT2D eigenvalue weighted by Gasteiger charge is -2.22. The van der Waals surface area contributed by atoms with Crippen molar-refractivity contribution in [1.29, 1.82) is 0 Å². The molecule has 0 fully saturated rings. The first-order chi connectivity index (χ1) is 21.0. The maximum atomic E-state index is 14.4. The number of aromatic nitrogens is 6. The van der Waals surface area contributed by atoms with Crippen LogP contribution < -0.4 is 16.4 Å². The molecule has 6 aromatic rings. The van der Waals surface area contributed by atoms with Gasteiger partial charge in [-0.25, -0.2) is 25.4 Å². The highest BCUT2D eigenvalue weighted by Crippen LogP contribution is 2.27. The van der Waals surface area contributed by atoms with Gasteiger partial charge in [0.15, 0.2) is 17.2 Å². The Kier molecular flexibility index (Phi) is 7.41. The summed E-state index contributed by atoms with van der Waals surface area (Å²) in [5.74, 6) is 0.0754. The number of fused-ring (bicyclic) bond motifs is 2. The van der Waals surface area contributed by atoms with Crippen molar-refractivity contribution in [2.75, 3.05) is 5.32 Å². The molecule has 0 radical (unpaired) electrons. The predicted molar refractivity (Wildman–Crippen MR) is 159 cm³/mol. The minimum atomic E-state index is -0.676. The average Bonchev–Trinajstić information content (AvgIpc) is 3.53. The number of benzene rings is 3. The van der Waals surface area contributed by atoms with Crippen LogP contribution >= 0.6 is 0 Å². The average molecular weight is 575 g/mol. The Labute approximate surface area is 244 Å². The Balaban J connectivity index is 1.45. The van der Waals surface area contributed by atoms with Crippen molar-refractivity contribution in [2.24, 2.45) is 0 Å². The lowest BCUT2D eigenvalue weighted by atomic mass is 9.99. The third-order valence-corrected chi connectivity index (χ3v) is 7.19.